The van der Waals surface area contributed by atoms with Crippen molar-refractivity contribution in [3.8, 4) is 0 Å². The van der Waals surface area contributed by atoms with Crippen LogP contribution in [0.1, 0.15) is 20.8 Å². The van der Waals surface area contributed by atoms with Crippen LogP contribution < -0.4 is 5.32 Å². The molecule has 0 rings (SSSR count). The Labute approximate surface area is 97.1 Å². The summed E-state index contributed by atoms with van der Waals surface area (Å²) in [5, 5.41) is 2.42. The molecule has 1 atom stereocenters. The number of amides is 1. The topological polar surface area (TPSA) is 38.3 Å². The Kier molecular flexibility index (Phi) is 8.05. The van der Waals surface area contributed by atoms with Gasteiger partial charge in [0.1, 0.15) is 5.60 Å². The van der Waals surface area contributed by atoms with Crippen LogP contribution in [-0.2, 0) is 24.2 Å². The Balaban J connectivity index is 0. The minimum Gasteiger partial charge on any atom is -0.444 e. The molecule has 0 aliphatic carbocycles. The van der Waals surface area contributed by atoms with Crippen molar-refractivity contribution < 1.29 is 29.0 Å². The van der Waals surface area contributed by atoms with Crippen molar-refractivity contribution in [3.05, 3.63) is 6.92 Å². The number of alkyl carbamates (subject to hydrolysis) is 1. The molecule has 0 aromatic carbocycles. The summed E-state index contributed by atoms with van der Waals surface area (Å²) in [4.78, 5) is 11.0. The summed E-state index contributed by atoms with van der Waals surface area (Å²) < 4.78 is 5.01. The zero-order valence-corrected chi connectivity index (χ0v) is 12.5. The fraction of sp³-hybridized carbons (Fsp3) is 0.750. The van der Waals surface area contributed by atoms with E-state index in [9.17, 15) is 4.79 Å². The maximum absolute atomic E-state index is 11.0. The van der Waals surface area contributed by atoms with Crippen molar-refractivity contribution in [2.45, 2.75) is 31.7 Å². The number of rotatable bonds is 2. The first-order valence-corrected chi connectivity index (χ1v) is 4.99. The predicted octanol–water partition coefficient (Wildman–Crippen LogP) is 2.03. The number of nitrogens with one attached hydrogen (secondary N) is 1. The Morgan fingerprint density at radius 1 is 1.54 bits per heavy atom. The first kappa shape index (κ1) is 15.7. The van der Waals surface area contributed by atoms with Gasteiger partial charge in [0.2, 0.25) is 0 Å². The second kappa shape index (κ2) is 6.66. The van der Waals surface area contributed by atoms with Gasteiger partial charge in [0, 0.05) is 19.5 Å². The van der Waals surface area contributed by atoms with Crippen LogP contribution in [0.2, 0.25) is 0 Å². The molecule has 0 aromatic heterocycles. The van der Waals surface area contributed by atoms with Crippen molar-refractivity contribution in [2.24, 2.45) is 0 Å². The predicted molar refractivity (Wildman–Crippen MR) is 52.0 cm³/mol. The Morgan fingerprint density at radius 3 is 2.31 bits per heavy atom. The van der Waals surface area contributed by atoms with Crippen molar-refractivity contribution >= 4 is 17.9 Å². The van der Waals surface area contributed by atoms with Gasteiger partial charge in [-0.15, -0.1) is 0 Å². The van der Waals surface area contributed by atoms with E-state index >= 15 is 0 Å². The number of carbonyl (C=O) groups excluding carboxylic acids is 1. The number of hydrogen-bond acceptors (Lipinski definition) is 3. The Bertz CT molecular complexity index is 159. The molecule has 0 spiro atoms. The largest absolute Gasteiger partial charge is 0.444 e. The summed E-state index contributed by atoms with van der Waals surface area (Å²) in [6.45, 7) is 9.15. The van der Waals surface area contributed by atoms with E-state index < -0.39 is 11.7 Å². The summed E-state index contributed by atoms with van der Waals surface area (Å²) in [6, 6.07) is 0. The van der Waals surface area contributed by atoms with Gasteiger partial charge in [0.05, 0.1) is 0 Å². The van der Waals surface area contributed by atoms with Crippen LogP contribution in [-0.4, -0.2) is 23.3 Å². The van der Waals surface area contributed by atoms with Gasteiger partial charge in [-0.25, -0.2) is 4.79 Å². The third-order valence-electron chi connectivity index (χ3n) is 0.962. The smallest absolute Gasteiger partial charge is 0.406 e. The monoisotopic (exact) mass is 254 g/mol. The first-order chi connectivity index (χ1) is 5.35. The second-order valence-corrected chi connectivity index (χ2v) is 4.41. The third-order valence-corrected chi connectivity index (χ3v) is 1.65. The molecule has 0 aliphatic heterocycles. The summed E-state index contributed by atoms with van der Waals surface area (Å²) >= 11 is 1.46. The van der Waals surface area contributed by atoms with Crippen LogP contribution in [0, 0.1) is 6.92 Å². The van der Waals surface area contributed by atoms with Crippen LogP contribution >= 0.6 is 11.8 Å². The molecular weight excluding hydrogens is 240 g/mol. The van der Waals surface area contributed by atoms with Gasteiger partial charge in [-0.1, -0.05) is 0 Å². The molecule has 0 heterocycles. The standard InChI is InChI=1S/C8H16NO2S.Zn/c1-6(12-5)9-7(10)11-8(2,3)4;/h6H,1H2,2-5H3,(H,9,10);/q-1;/t6-;/m1./s1. The first-order valence-electron chi connectivity index (χ1n) is 3.70. The van der Waals surface area contributed by atoms with Gasteiger partial charge in [-0.3, -0.25) is 0 Å². The van der Waals surface area contributed by atoms with Gasteiger partial charge >= 0.3 is 6.09 Å². The molecule has 0 unspecified atom stereocenters. The normalized spacial score (nSPS) is 12.7. The molecule has 0 radical (unpaired) electrons. The average Bonchev–Trinajstić information content (AvgIpc) is 1.82. The van der Waals surface area contributed by atoms with Crippen LogP contribution in [0.25, 0.3) is 0 Å². The van der Waals surface area contributed by atoms with E-state index in [2.05, 4.69) is 12.2 Å². The molecule has 3 nitrogen and oxygen atoms in total. The Hall–Kier alpha value is 0.243. The van der Waals surface area contributed by atoms with Gasteiger partial charge < -0.3 is 17.0 Å². The number of thioether (sulfide) groups is 1. The van der Waals surface area contributed by atoms with Gasteiger partial charge in [0.15, 0.2) is 0 Å². The van der Waals surface area contributed by atoms with Crippen LogP contribution in [0.3, 0.4) is 0 Å². The molecule has 74 valence electrons. The van der Waals surface area contributed by atoms with Crippen molar-refractivity contribution in [3.63, 3.8) is 0 Å². The second-order valence-electron chi connectivity index (χ2n) is 3.37. The molecule has 0 saturated carbocycles. The summed E-state index contributed by atoms with van der Waals surface area (Å²) in [7, 11) is 0. The Morgan fingerprint density at radius 2 is 2.00 bits per heavy atom. The van der Waals surface area contributed by atoms with Crippen LogP contribution in [0.15, 0.2) is 0 Å². The molecule has 0 fully saturated rings. The zero-order chi connectivity index (χ0) is 9.78. The van der Waals surface area contributed by atoms with E-state index in [1.165, 1.54) is 11.8 Å². The van der Waals surface area contributed by atoms with Crippen molar-refractivity contribution in [2.75, 3.05) is 6.26 Å². The van der Waals surface area contributed by atoms with Gasteiger partial charge in [-0.2, -0.15) is 11.8 Å². The molecule has 1 N–H and O–H groups in total. The maximum atomic E-state index is 11.0. The summed E-state index contributed by atoms with van der Waals surface area (Å²) in [6.07, 6.45) is 1.45. The minimum absolute atomic E-state index is 0. The van der Waals surface area contributed by atoms with Crippen molar-refractivity contribution in [1.82, 2.24) is 5.32 Å². The SMILES string of the molecule is [CH2-][C@H](NC(=O)OC(C)(C)C)SC.[Zn]. The van der Waals surface area contributed by atoms with E-state index in [1.807, 2.05) is 27.0 Å². The number of carbonyl (C=O) groups is 1. The summed E-state index contributed by atoms with van der Waals surface area (Å²) in [5.41, 5.74) is -0.442. The van der Waals surface area contributed by atoms with Crippen LogP contribution in [0.4, 0.5) is 4.79 Å². The average molecular weight is 256 g/mol. The molecule has 0 aliphatic rings. The zero-order valence-electron chi connectivity index (χ0n) is 8.72. The van der Waals surface area contributed by atoms with E-state index in [0.717, 1.165) is 0 Å². The molecule has 0 saturated heterocycles. The molecule has 5 heteroatoms. The quantitative estimate of drug-likeness (QED) is 0.466. The van der Waals surface area contributed by atoms with Crippen LogP contribution in [0.5, 0.6) is 0 Å². The molecular formula is C8H16NO2SZn-. The number of hydrogen-bond donors (Lipinski definition) is 1. The molecule has 0 bridgehead atoms. The summed E-state index contributed by atoms with van der Waals surface area (Å²) in [5.74, 6) is 0. The fourth-order valence-corrected chi connectivity index (χ4v) is 0.712. The molecule has 0 aromatic rings. The van der Waals surface area contributed by atoms with Crippen molar-refractivity contribution in [1.29, 1.82) is 0 Å². The van der Waals surface area contributed by atoms with E-state index in [1.54, 1.807) is 0 Å². The van der Waals surface area contributed by atoms with Gasteiger partial charge in [-0.05, 0) is 32.4 Å². The minimum atomic E-state index is -0.442. The van der Waals surface area contributed by atoms with Gasteiger partial charge in [0.25, 0.3) is 0 Å². The van der Waals surface area contributed by atoms with E-state index in [-0.39, 0.29) is 24.9 Å². The third kappa shape index (κ3) is 10.2. The van der Waals surface area contributed by atoms with E-state index in [0.29, 0.717) is 0 Å². The number of ether oxygens (including phenoxy) is 1. The fourth-order valence-electron chi connectivity index (χ4n) is 0.498. The van der Waals surface area contributed by atoms with E-state index in [4.69, 9.17) is 4.74 Å². The molecule has 13 heavy (non-hydrogen) atoms. The molecule has 1 amide bonds. The maximum Gasteiger partial charge on any atom is 0.406 e.